The molecule has 0 amide bonds. The lowest BCUT2D eigenvalue weighted by molar-refractivity contribution is -0.130. The Labute approximate surface area is 138 Å². The molecule has 4 nitrogen and oxygen atoms in total. The summed E-state index contributed by atoms with van der Waals surface area (Å²) in [5.74, 6) is 0.547. The zero-order valence-electron chi connectivity index (χ0n) is 13.7. The number of hydrogen-bond donors (Lipinski definition) is 0. The number of aryl methyl sites for hydroxylation is 1. The Bertz CT molecular complexity index is 692. The molecule has 3 atom stereocenters. The van der Waals surface area contributed by atoms with E-state index in [4.69, 9.17) is 4.18 Å². The third-order valence-corrected chi connectivity index (χ3v) is 6.99. The third kappa shape index (κ3) is 3.22. The van der Waals surface area contributed by atoms with Crippen LogP contribution in [-0.4, -0.2) is 20.3 Å². The third-order valence-electron chi connectivity index (χ3n) is 5.66. The summed E-state index contributed by atoms with van der Waals surface area (Å²) in [7, 11) is -3.76. The van der Waals surface area contributed by atoms with Gasteiger partial charge in [0, 0.05) is 12.8 Å². The molecule has 0 bridgehead atoms. The molecule has 0 aliphatic heterocycles. The fourth-order valence-electron chi connectivity index (χ4n) is 4.03. The van der Waals surface area contributed by atoms with Gasteiger partial charge in [-0.15, -0.1) is 0 Å². The first-order valence-corrected chi connectivity index (χ1v) is 9.74. The van der Waals surface area contributed by atoms with Gasteiger partial charge < -0.3 is 0 Å². The van der Waals surface area contributed by atoms with E-state index < -0.39 is 10.1 Å². The number of rotatable bonds is 3. The summed E-state index contributed by atoms with van der Waals surface area (Å²) in [4.78, 5) is 12.0. The Morgan fingerprint density at radius 1 is 1.17 bits per heavy atom. The summed E-state index contributed by atoms with van der Waals surface area (Å²) in [6.07, 6.45) is 4.16. The van der Waals surface area contributed by atoms with Gasteiger partial charge in [0.25, 0.3) is 10.1 Å². The number of hydrogen-bond acceptors (Lipinski definition) is 4. The largest absolute Gasteiger partial charge is 0.300 e. The maximum atomic E-state index is 12.6. The predicted molar refractivity (Wildman–Crippen MR) is 87.5 cm³/mol. The lowest BCUT2D eigenvalue weighted by Gasteiger charge is -2.49. The Morgan fingerprint density at radius 3 is 2.57 bits per heavy atom. The van der Waals surface area contributed by atoms with Crippen LogP contribution in [0.2, 0.25) is 0 Å². The van der Waals surface area contributed by atoms with Crippen LogP contribution < -0.4 is 0 Å². The van der Waals surface area contributed by atoms with E-state index in [2.05, 4.69) is 6.92 Å². The van der Waals surface area contributed by atoms with Crippen molar-refractivity contribution in [3.63, 3.8) is 0 Å². The fourth-order valence-corrected chi connectivity index (χ4v) is 5.23. The molecule has 3 rings (SSSR count). The molecular formula is C18H24O4S. The Morgan fingerprint density at radius 2 is 1.87 bits per heavy atom. The molecule has 0 radical (unpaired) electrons. The van der Waals surface area contributed by atoms with Crippen LogP contribution in [0.1, 0.15) is 51.0 Å². The smallest absolute Gasteiger partial charge is 0.297 e. The highest BCUT2D eigenvalue weighted by molar-refractivity contribution is 7.86. The Balaban J connectivity index is 1.83. The summed E-state index contributed by atoms with van der Waals surface area (Å²) < 4.78 is 30.9. The molecule has 1 aromatic rings. The summed E-state index contributed by atoms with van der Waals surface area (Å²) in [6, 6.07) is 6.75. The van der Waals surface area contributed by atoms with Crippen molar-refractivity contribution in [1.29, 1.82) is 0 Å². The van der Waals surface area contributed by atoms with Gasteiger partial charge in [-0.1, -0.05) is 31.0 Å². The quantitative estimate of drug-likeness (QED) is 0.791. The first kappa shape index (κ1) is 16.7. The highest BCUT2D eigenvalue weighted by atomic mass is 32.2. The van der Waals surface area contributed by atoms with Crippen molar-refractivity contribution in [2.75, 3.05) is 0 Å². The maximum Gasteiger partial charge on any atom is 0.297 e. The average molecular weight is 336 g/mol. The topological polar surface area (TPSA) is 60.4 Å². The van der Waals surface area contributed by atoms with Gasteiger partial charge in [0.1, 0.15) is 5.78 Å². The molecule has 2 fully saturated rings. The van der Waals surface area contributed by atoms with Gasteiger partial charge >= 0.3 is 0 Å². The second-order valence-electron chi connectivity index (χ2n) is 7.23. The van der Waals surface area contributed by atoms with Crippen molar-refractivity contribution in [2.45, 2.75) is 63.4 Å². The molecule has 1 aromatic carbocycles. The molecule has 0 heterocycles. The molecule has 5 heteroatoms. The van der Waals surface area contributed by atoms with Crippen molar-refractivity contribution in [2.24, 2.45) is 11.3 Å². The molecular weight excluding hydrogens is 312 g/mol. The average Bonchev–Trinajstić information content (AvgIpc) is 2.49. The normalized spacial score (nSPS) is 31.7. The molecule has 126 valence electrons. The number of carbonyl (C=O) groups is 1. The van der Waals surface area contributed by atoms with Crippen LogP contribution in [0.4, 0.5) is 0 Å². The minimum atomic E-state index is -3.76. The van der Waals surface area contributed by atoms with Crippen LogP contribution in [0.25, 0.3) is 0 Å². The van der Waals surface area contributed by atoms with Crippen LogP contribution in [-0.2, 0) is 19.1 Å². The van der Waals surface area contributed by atoms with E-state index in [1.807, 2.05) is 6.92 Å². The van der Waals surface area contributed by atoms with Crippen molar-refractivity contribution in [1.82, 2.24) is 0 Å². The SMILES string of the molecule is Cc1ccc(S(=O)(=O)O[C@H]2CCC[C@@H]3CC(=O)CC[C@@]32C)cc1. The molecule has 0 unspecified atom stereocenters. The van der Waals surface area contributed by atoms with Gasteiger partial charge in [-0.3, -0.25) is 8.98 Å². The number of Topliss-reactive ketones (excluding diaryl/α,β-unsaturated/α-hetero) is 1. The number of benzene rings is 1. The van der Waals surface area contributed by atoms with Gasteiger partial charge in [-0.05, 0) is 49.7 Å². The molecule has 2 aliphatic rings. The van der Waals surface area contributed by atoms with E-state index >= 15 is 0 Å². The first-order chi connectivity index (χ1) is 10.8. The van der Waals surface area contributed by atoms with Crippen LogP contribution in [0, 0.1) is 18.3 Å². The maximum absolute atomic E-state index is 12.6. The molecule has 2 saturated carbocycles. The van der Waals surface area contributed by atoms with E-state index in [0.29, 0.717) is 18.6 Å². The number of carbonyl (C=O) groups excluding carboxylic acids is 1. The van der Waals surface area contributed by atoms with E-state index in [-0.39, 0.29) is 22.3 Å². The van der Waals surface area contributed by atoms with E-state index in [1.54, 1.807) is 24.3 Å². The van der Waals surface area contributed by atoms with Crippen molar-refractivity contribution >= 4 is 15.9 Å². The minimum Gasteiger partial charge on any atom is -0.300 e. The highest BCUT2D eigenvalue weighted by Crippen LogP contribution is 2.51. The Kier molecular flexibility index (Phi) is 4.36. The summed E-state index contributed by atoms with van der Waals surface area (Å²) in [5.41, 5.74) is 0.795. The second kappa shape index (κ2) is 6.02. The summed E-state index contributed by atoms with van der Waals surface area (Å²) in [6.45, 7) is 4.02. The van der Waals surface area contributed by atoms with Crippen molar-refractivity contribution in [3.8, 4) is 0 Å². The predicted octanol–water partition coefficient (Wildman–Crippen LogP) is 3.63. The zero-order valence-corrected chi connectivity index (χ0v) is 14.6. The molecule has 23 heavy (non-hydrogen) atoms. The van der Waals surface area contributed by atoms with Crippen LogP contribution in [0.3, 0.4) is 0 Å². The van der Waals surface area contributed by atoms with Crippen molar-refractivity contribution < 1.29 is 17.4 Å². The van der Waals surface area contributed by atoms with Gasteiger partial charge in [0.15, 0.2) is 0 Å². The molecule has 0 spiro atoms. The summed E-state index contributed by atoms with van der Waals surface area (Å²) in [5, 5.41) is 0. The lowest BCUT2D eigenvalue weighted by Crippen LogP contribution is -2.48. The fraction of sp³-hybridized carbons (Fsp3) is 0.611. The van der Waals surface area contributed by atoms with Crippen molar-refractivity contribution in [3.05, 3.63) is 29.8 Å². The summed E-state index contributed by atoms with van der Waals surface area (Å²) >= 11 is 0. The van der Waals surface area contributed by atoms with Gasteiger partial charge in [0.2, 0.25) is 0 Å². The second-order valence-corrected chi connectivity index (χ2v) is 8.80. The van der Waals surface area contributed by atoms with Gasteiger partial charge in [-0.25, -0.2) is 0 Å². The standard InChI is InChI=1S/C18H24O4S/c1-13-6-8-16(9-7-13)23(20,21)22-17-5-3-4-14-12-15(19)10-11-18(14,17)2/h6-9,14,17H,3-5,10-12H2,1-2H3/t14-,17+,18+/m1/s1. The minimum absolute atomic E-state index is 0.209. The molecule has 0 N–H and O–H groups in total. The van der Waals surface area contributed by atoms with E-state index in [9.17, 15) is 13.2 Å². The number of ketones is 1. The molecule has 0 saturated heterocycles. The van der Waals surface area contributed by atoms with Gasteiger partial charge in [0.05, 0.1) is 11.0 Å². The molecule has 0 aromatic heterocycles. The van der Waals surface area contributed by atoms with E-state index in [0.717, 1.165) is 31.2 Å². The van der Waals surface area contributed by atoms with Crippen LogP contribution in [0.5, 0.6) is 0 Å². The highest BCUT2D eigenvalue weighted by Gasteiger charge is 2.49. The monoisotopic (exact) mass is 336 g/mol. The van der Waals surface area contributed by atoms with Crippen LogP contribution >= 0.6 is 0 Å². The zero-order chi connectivity index (χ0) is 16.7. The van der Waals surface area contributed by atoms with Crippen LogP contribution in [0.15, 0.2) is 29.2 Å². The number of fused-ring (bicyclic) bond motifs is 1. The van der Waals surface area contributed by atoms with E-state index in [1.165, 1.54) is 0 Å². The van der Waals surface area contributed by atoms with Gasteiger partial charge in [-0.2, -0.15) is 8.42 Å². The Hall–Kier alpha value is -1.20. The first-order valence-electron chi connectivity index (χ1n) is 8.33. The molecule has 2 aliphatic carbocycles. The lowest BCUT2D eigenvalue weighted by atomic mass is 9.59.